The molecule has 0 spiro atoms. The Kier molecular flexibility index (Phi) is 5.40. The van der Waals surface area contributed by atoms with Crippen molar-refractivity contribution in [1.29, 1.82) is 0 Å². The van der Waals surface area contributed by atoms with E-state index < -0.39 is 5.97 Å². The van der Waals surface area contributed by atoms with E-state index in [1.165, 1.54) is 0 Å². The van der Waals surface area contributed by atoms with E-state index in [2.05, 4.69) is 20.8 Å². The molecule has 8 heteroatoms. The van der Waals surface area contributed by atoms with E-state index in [0.717, 1.165) is 24.8 Å². The number of imidazole rings is 1. The van der Waals surface area contributed by atoms with E-state index in [0.29, 0.717) is 30.4 Å². The maximum absolute atomic E-state index is 13.0. The number of benzene rings is 1. The van der Waals surface area contributed by atoms with E-state index in [4.69, 9.17) is 5.11 Å². The number of carboxylic acid groups (broad SMARTS) is 1. The molecule has 2 unspecified atom stereocenters. The molecule has 2 aliphatic heterocycles. The molecule has 4 rings (SSSR count). The van der Waals surface area contributed by atoms with Gasteiger partial charge in [0.05, 0.1) is 12.7 Å². The number of piperidine rings is 1. The van der Waals surface area contributed by atoms with Crippen molar-refractivity contribution in [2.75, 3.05) is 13.1 Å². The molecule has 148 valence electrons. The summed E-state index contributed by atoms with van der Waals surface area (Å²) in [7, 11) is 0. The molecule has 0 saturated carbocycles. The average Bonchev–Trinajstić information content (AvgIpc) is 3.37. The van der Waals surface area contributed by atoms with Gasteiger partial charge >= 0.3 is 5.97 Å². The van der Waals surface area contributed by atoms with Gasteiger partial charge in [0.2, 0.25) is 0 Å². The van der Waals surface area contributed by atoms with Gasteiger partial charge in [0.1, 0.15) is 11.4 Å². The van der Waals surface area contributed by atoms with E-state index in [1.807, 2.05) is 35.2 Å². The molecule has 4 N–H and O–H groups in total. The number of aliphatic carboxylic acids is 1. The lowest BCUT2D eigenvalue weighted by Gasteiger charge is -2.34. The quantitative estimate of drug-likeness (QED) is 0.625. The van der Waals surface area contributed by atoms with Crippen LogP contribution in [0, 0.1) is 5.92 Å². The Balaban J connectivity index is 1.35. The minimum absolute atomic E-state index is 0.0175. The van der Waals surface area contributed by atoms with E-state index >= 15 is 0 Å². The van der Waals surface area contributed by atoms with E-state index in [9.17, 15) is 9.59 Å². The van der Waals surface area contributed by atoms with Crippen molar-refractivity contribution in [2.24, 2.45) is 5.92 Å². The predicted octanol–water partition coefficient (Wildman–Crippen LogP) is 1.64. The second kappa shape index (κ2) is 8.12. The van der Waals surface area contributed by atoms with Crippen LogP contribution in [0.15, 0.2) is 36.7 Å². The van der Waals surface area contributed by atoms with Gasteiger partial charge in [0.15, 0.2) is 0 Å². The number of carbonyl (C=O) groups is 2. The number of nitrogens with zero attached hydrogens (tertiary/aromatic N) is 2. The third kappa shape index (κ3) is 3.93. The highest BCUT2D eigenvalue weighted by Gasteiger charge is 2.35. The van der Waals surface area contributed by atoms with Crippen LogP contribution in [-0.4, -0.2) is 57.0 Å². The maximum atomic E-state index is 13.0. The molecule has 1 aromatic carbocycles. The first kappa shape index (κ1) is 18.6. The molecule has 2 aromatic rings. The van der Waals surface area contributed by atoms with Gasteiger partial charge < -0.3 is 15.0 Å². The van der Waals surface area contributed by atoms with E-state index in [-0.39, 0.29) is 24.4 Å². The Morgan fingerprint density at radius 1 is 1.14 bits per heavy atom. The minimum Gasteiger partial charge on any atom is -0.481 e. The number of carboxylic acids is 1. The summed E-state index contributed by atoms with van der Waals surface area (Å²) in [6.07, 6.45) is 4.31. The van der Waals surface area contributed by atoms with Crippen LogP contribution in [0.3, 0.4) is 0 Å². The van der Waals surface area contributed by atoms with Gasteiger partial charge in [-0.05, 0) is 25.2 Å². The van der Waals surface area contributed by atoms with Crippen molar-refractivity contribution in [3.8, 4) is 11.3 Å². The number of nitrogens with one attached hydrogen (secondary N) is 3. The van der Waals surface area contributed by atoms with Crippen molar-refractivity contribution in [3.05, 3.63) is 42.4 Å². The Labute approximate surface area is 163 Å². The molecule has 2 saturated heterocycles. The van der Waals surface area contributed by atoms with Crippen LogP contribution in [0.4, 0.5) is 0 Å². The minimum atomic E-state index is -0.783. The summed E-state index contributed by atoms with van der Waals surface area (Å²) in [6.45, 7) is 1.39. The highest BCUT2D eigenvalue weighted by molar-refractivity contribution is 5.98. The smallest absolute Gasteiger partial charge is 0.304 e. The summed E-state index contributed by atoms with van der Waals surface area (Å²) in [5.74, 6) is -0.365. The van der Waals surface area contributed by atoms with Crippen LogP contribution in [0.25, 0.3) is 11.3 Å². The zero-order chi connectivity index (χ0) is 19.5. The molecular formula is C20H25N5O3. The van der Waals surface area contributed by atoms with Crippen molar-refractivity contribution < 1.29 is 14.7 Å². The lowest BCUT2D eigenvalue weighted by atomic mass is 9.87. The topological polar surface area (TPSA) is 110 Å². The highest BCUT2D eigenvalue weighted by atomic mass is 16.4. The molecule has 0 aliphatic carbocycles. The highest BCUT2D eigenvalue weighted by Crippen LogP contribution is 2.28. The fourth-order valence-corrected chi connectivity index (χ4v) is 4.24. The van der Waals surface area contributed by atoms with Crippen LogP contribution in [-0.2, 0) is 4.79 Å². The van der Waals surface area contributed by atoms with Gasteiger partial charge in [-0.3, -0.25) is 20.4 Å². The Hall–Kier alpha value is -2.71. The fraction of sp³-hybridized carbons (Fsp3) is 0.450. The van der Waals surface area contributed by atoms with Crippen molar-refractivity contribution in [3.63, 3.8) is 0 Å². The molecule has 0 radical (unpaired) electrons. The number of amides is 1. The van der Waals surface area contributed by atoms with Gasteiger partial charge in [-0.1, -0.05) is 30.3 Å². The van der Waals surface area contributed by atoms with Crippen LogP contribution in [0.2, 0.25) is 0 Å². The molecule has 8 nitrogen and oxygen atoms in total. The number of likely N-dealkylation sites (tertiary alicyclic amines) is 1. The lowest BCUT2D eigenvalue weighted by Crippen LogP contribution is -2.45. The first-order chi connectivity index (χ1) is 13.6. The number of hydrogen-bond acceptors (Lipinski definition) is 5. The molecule has 3 heterocycles. The number of H-pyrrole nitrogens is 1. The normalized spacial score (nSPS) is 23.1. The van der Waals surface area contributed by atoms with Gasteiger partial charge in [0.25, 0.3) is 5.91 Å². The zero-order valence-corrected chi connectivity index (χ0v) is 15.6. The first-order valence-corrected chi connectivity index (χ1v) is 9.72. The monoisotopic (exact) mass is 383 g/mol. The molecule has 28 heavy (non-hydrogen) atoms. The van der Waals surface area contributed by atoms with Crippen LogP contribution < -0.4 is 10.9 Å². The van der Waals surface area contributed by atoms with Crippen LogP contribution in [0.1, 0.15) is 36.2 Å². The number of aromatic nitrogens is 2. The summed E-state index contributed by atoms with van der Waals surface area (Å²) < 4.78 is 0. The number of hydrazine groups is 1. The van der Waals surface area contributed by atoms with Crippen LogP contribution >= 0.6 is 0 Å². The van der Waals surface area contributed by atoms with Crippen molar-refractivity contribution in [1.82, 2.24) is 25.7 Å². The number of hydrogen-bond donors (Lipinski definition) is 4. The summed E-state index contributed by atoms with van der Waals surface area (Å²) in [4.78, 5) is 33.1. The van der Waals surface area contributed by atoms with Gasteiger partial charge in [0, 0.05) is 30.7 Å². The van der Waals surface area contributed by atoms with E-state index in [1.54, 1.807) is 6.33 Å². The van der Waals surface area contributed by atoms with Gasteiger partial charge in [-0.25, -0.2) is 4.98 Å². The average molecular weight is 383 g/mol. The molecule has 1 aromatic heterocycles. The molecule has 2 atom stereocenters. The Bertz CT molecular complexity index is 829. The summed E-state index contributed by atoms with van der Waals surface area (Å²) >= 11 is 0. The second-order valence-electron chi connectivity index (χ2n) is 7.55. The van der Waals surface area contributed by atoms with Crippen molar-refractivity contribution >= 4 is 11.9 Å². The molecule has 2 aliphatic rings. The molecule has 0 bridgehead atoms. The van der Waals surface area contributed by atoms with Crippen molar-refractivity contribution in [2.45, 2.75) is 37.8 Å². The third-order valence-electron chi connectivity index (χ3n) is 5.73. The van der Waals surface area contributed by atoms with Gasteiger partial charge in [-0.2, -0.15) is 0 Å². The molecular weight excluding hydrogens is 358 g/mol. The molecule has 2 fully saturated rings. The summed E-state index contributed by atoms with van der Waals surface area (Å²) in [5.41, 5.74) is 8.49. The van der Waals surface area contributed by atoms with Crippen LogP contribution in [0.5, 0.6) is 0 Å². The second-order valence-corrected chi connectivity index (χ2v) is 7.55. The Morgan fingerprint density at radius 3 is 2.61 bits per heavy atom. The zero-order valence-electron chi connectivity index (χ0n) is 15.6. The standard InChI is InChI=1S/C20H25N5O3/c26-17(27)11-15-10-16(24-23-15)13-6-8-25(9-7-13)20(28)19-18(21-12-22-19)14-4-2-1-3-5-14/h1-5,12-13,15-16,23-24H,6-11H2,(H,21,22)(H,26,27). The Morgan fingerprint density at radius 2 is 1.89 bits per heavy atom. The largest absolute Gasteiger partial charge is 0.481 e. The number of aromatic amines is 1. The third-order valence-corrected chi connectivity index (χ3v) is 5.73. The van der Waals surface area contributed by atoms with Gasteiger partial charge in [-0.15, -0.1) is 0 Å². The lowest BCUT2D eigenvalue weighted by molar-refractivity contribution is -0.137. The summed E-state index contributed by atoms with van der Waals surface area (Å²) in [6, 6.07) is 9.94. The number of rotatable bonds is 5. The first-order valence-electron chi connectivity index (χ1n) is 9.72. The number of carbonyl (C=O) groups excluding carboxylic acids is 1. The SMILES string of the molecule is O=C(O)CC1CC(C2CCN(C(=O)c3[nH]cnc3-c3ccccc3)CC2)NN1. The summed E-state index contributed by atoms with van der Waals surface area (Å²) in [5, 5.41) is 8.94. The molecule has 1 amide bonds. The fourth-order valence-electron chi connectivity index (χ4n) is 4.24. The predicted molar refractivity (Wildman–Crippen MR) is 103 cm³/mol. The maximum Gasteiger partial charge on any atom is 0.304 e.